The predicted molar refractivity (Wildman–Crippen MR) is 67.8 cm³/mol. The van der Waals surface area contributed by atoms with E-state index in [0.29, 0.717) is 22.6 Å². The van der Waals surface area contributed by atoms with Crippen LogP contribution in [0.4, 0.5) is 0 Å². The Morgan fingerprint density at radius 2 is 2.22 bits per heavy atom. The van der Waals surface area contributed by atoms with Crippen LogP contribution in [0.15, 0.2) is 33.5 Å². The molecule has 0 unspecified atom stereocenters. The van der Waals surface area contributed by atoms with Crippen molar-refractivity contribution >= 4 is 27.5 Å². The Hall–Kier alpha value is -1.73. The molecule has 18 heavy (non-hydrogen) atoms. The molecule has 2 heterocycles. The van der Waals surface area contributed by atoms with Crippen molar-refractivity contribution in [2.75, 3.05) is 0 Å². The van der Waals surface area contributed by atoms with E-state index in [0.717, 1.165) is 10.0 Å². The molecule has 0 amide bonds. The van der Waals surface area contributed by atoms with Gasteiger partial charge in [0.15, 0.2) is 5.82 Å². The van der Waals surface area contributed by atoms with Gasteiger partial charge in [-0.05, 0) is 34.1 Å². The fraction of sp³-hybridized carbons (Fsp3) is 0. The summed E-state index contributed by atoms with van der Waals surface area (Å²) in [6, 6.07) is 5.38. The zero-order valence-corrected chi connectivity index (χ0v) is 11.1. The second-order valence-electron chi connectivity index (χ2n) is 3.39. The van der Waals surface area contributed by atoms with Crippen LogP contribution in [-0.2, 0) is 0 Å². The van der Waals surface area contributed by atoms with Crippen LogP contribution >= 0.6 is 27.5 Å². The number of rotatable bonds is 2. The monoisotopic (exact) mass is 325 g/mol. The van der Waals surface area contributed by atoms with Crippen LogP contribution < -0.4 is 0 Å². The van der Waals surface area contributed by atoms with E-state index in [1.165, 1.54) is 6.33 Å². The van der Waals surface area contributed by atoms with Crippen LogP contribution in [0, 0.1) is 0 Å². The summed E-state index contributed by atoms with van der Waals surface area (Å²) in [5.41, 5.74) is 0.737. The van der Waals surface area contributed by atoms with Crippen LogP contribution in [-0.4, -0.2) is 25.3 Å². The van der Waals surface area contributed by atoms with Gasteiger partial charge in [-0.1, -0.05) is 16.8 Å². The van der Waals surface area contributed by atoms with E-state index < -0.39 is 0 Å². The third-order valence-electron chi connectivity index (χ3n) is 2.22. The second kappa shape index (κ2) is 4.51. The molecule has 0 fully saturated rings. The molecular weight excluding hydrogens is 322 g/mol. The summed E-state index contributed by atoms with van der Waals surface area (Å²) in [5.74, 6) is 1.17. The van der Waals surface area contributed by atoms with Gasteiger partial charge in [-0.15, -0.1) is 0 Å². The molecule has 0 aliphatic carbocycles. The summed E-state index contributed by atoms with van der Waals surface area (Å²) in [5, 5.41) is 10.8. The van der Waals surface area contributed by atoms with Gasteiger partial charge in [0.25, 0.3) is 5.89 Å². The molecule has 0 atom stereocenters. The maximum absolute atomic E-state index is 6.00. The Kier molecular flexibility index (Phi) is 2.85. The normalized spacial score (nSPS) is 10.8. The third kappa shape index (κ3) is 2.02. The minimum atomic E-state index is 0.349. The van der Waals surface area contributed by atoms with E-state index >= 15 is 0 Å². The first kappa shape index (κ1) is 11.4. The smallest absolute Gasteiger partial charge is 0.258 e. The number of aromatic amines is 1. The predicted octanol–water partition coefficient (Wildman–Crippen LogP) is 2.94. The van der Waals surface area contributed by atoms with Gasteiger partial charge in [0.1, 0.15) is 6.33 Å². The van der Waals surface area contributed by atoms with Crippen molar-refractivity contribution in [3.63, 3.8) is 0 Å². The summed E-state index contributed by atoms with van der Waals surface area (Å²) in [6.45, 7) is 0. The fourth-order valence-corrected chi connectivity index (χ4v) is 1.81. The van der Waals surface area contributed by atoms with Gasteiger partial charge in [0.05, 0.1) is 5.02 Å². The highest BCUT2D eigenvalue weighted by Gasteiger charge is 2.13. The molecule has 3 aromatic rings. The highest BCUT2D eigenvalue weighted by atomic mass is 79.9. The van der Waals surface area contributed by atoms with Crippen LogP contribution in [0.2, 0.25) is 5.02 Å². The average molecular weight is 327 g/mol. The van der Waals surface area contributed by atoms with E-state index in [4.69, 9.17) is 16.1 Å². The van der Waals surface area contributed by atoms with E-state index in [2.05, 4.69) is 41.3 Å². The summed E-state index contributed by atoms with van der Waals surface area (Å²) >= 11 is 9.32. The van der Waals surface area contributed by atoms with Crippen molar-refractivity contribution in [1.29, 1.82) is 0 Å². The summed E-state index contributed by atoms with van der Waals surface area (Å²) < 4.78 is 5.95. The fourth-order valence-electron chi connectivity index (χ4n) is 1.38. The minimum absolute atomic E-state index is 0.349. The topological polar surface area (TPSA) is 80.5 Å². The Morgan fingerprint density at radius 3 is 2.94 bits per heavy atom. The molecular formula is C10H5BrClN5O. The Balaban J connectivity index is 2.00. The molecule has 0 spiro atoms. The summed E-state index contributed by atoms with van der Waals surface area (Å²) in [4.78, 5) is 8.15. The standard InChI is InChI=1S/C10H5BrClN5O/c11-6-2-1-5(3-7(6)12)10-15-9(17-18-10)8-13-4-14-16-8/h1-4H,(H,13,14,16). The van der Waals surface area contributed by atoms with Gasteiger partial charge >= 0.3 is 0 Å². The lowest BCUT2D eigenvalue weighted by Crippen LogP contribution is -1.83. The van der Waals surface area contributed by atoms with Crippen LogP contribution in [0.1, 0.15) is 0 Å². The zero-order valence-electron chi connectivity index (χ0n) is 8.76. The molecule has 1 N–H and O–H groups in total. The maximum atomic E-state index is 6.00. The number of hydrogen-bond donors (Lipinski definition) is 1. The molecule has 0 aliphatic rings. The largest absolute Gasteiger partial charge is 0.333 e. The van der Waals surface area contributed by atoms with Crippen molar-refractivity contribution in [3.8, 4) is 23.1 Å². The number of halogens is 2. The quantitative estimate of drug-likeness (QED) is 0.783. The second-order valence-corrected chi connectivity index (χ2v) is 4.65. The molecule has 8 heteroatoms. The first-order valence-electron chi connectivity index (χ1n) is 4.89. The van der Waals surface area contributed by atoms with Gasteiger partial charge < -0.3 is 4.52 Å². The molecule has 1 aromatic carbocycles. The van der Waals surface area contributed by atoms with E-state index in [1.54, 1.807) is 6.07 Å². The lowest BCUT2D eigenvalue weighted by atomic mass is 10.2. The molecule has 2 aromatic heterocycles. The molecule has 0 saturated carbocycles. The maximum Gasteiger partial charge on any atom is 0.258 e. The Labute approximate surface area is 115 Å². The van der Waals surface area contributed by atoms with E-state index in [1.807, 2.05) is 12.1 Å². The number of H-pyrrole nitrogens is 1. The minimum Gasteiger partial charge on any atom is -0.333 e. The molecule has 3 rings (SSSR count). The SMILES string of the molecule is Clc1cc(-c2nc(-c3ncn[nH]3)no2)ccc1Br. The zero-order chi connectivity index (χ0) is 12.5. The number of aromatic nitrogens is 5. The van der Waals surface area contributed by atoms with Crippen LogP contribution in [0.25, 0.3) is 23.1 Å². The van der Waals surface area contributed by atoms with Crippen molar-refractivity contribution in [3.05, 3.63) is 34.0 Å². The van der Waals surface area contributed by atoms with Crippen molar-refractivity contribution in [1.82, 2.24) is 25.3 Å². The molecule has 0 radical (unpaired) electrons. The van der Waals surface area contributed by atoms with Crippen molar-refractivity contribution in [2.45, 2.75) is 0 Å². The van der Waals surface area contributed by atoms with Gasteiger partial charge in [-0.25, -0.2) is 4.98 Å². The van der Waals surface area contributed by atoms with Crippen LogP contribution in [0.3, 0.4) is 0 Å². The summed E-state index contributed by atoms with van der Waals surface area (Å²) in [6.07, 6.45) is 1.38. The highest BCUT2D eigenvalue weighted by molar-refractivity contribution is 9.10. The number of hydrogen-bond acceptors (Lipinski definition) is 5. The lowest BCUT2D eigenvalue weighted by molar-refractivity contribution is 0.432. The van der Waals surface area contributed by atoms with Gasteiger partial charge in [0.2, 0.25) is 5.82 Å². The Bertz CT molecular complexity index is 681. The van der Waals surface area contributed by atoms with Gasteiger partial charge in [0, 0.05) is 10.0 Å². The van der Waals surface area contributed by atoms with Crippen molar-refractivity contribution < 1.29 is 4.52 Å². The number of nitrogens with zero attached hydrogens (tertiary/aromatic N) is 4. The lowest BCUT2D eigenvalue weighted by Gasteiger charge is -1.97. The van der Waals surface area contributed by atoms with Gasteiger partial charge in [-0.2, -0.15) is 10.1 Å². The van der Waals surface area contributed by atoms with Crippen LogP contribution in [0.5, 0.6) is 0 Å². The van der Waals surface area contributed by atoms with E-state index in [-0.39, 0.29) is 0 Å². The van der Waals surface area contributed by atoms with E-state index in [9.17, 15) is 0 Å². The molecule has 0 bridgehead atoms. The van der Waals surface area contributed by atoms with Crippen molar-refractivity contribution in [2.24, 2.45) is 0 Å². The first-order valence-corrected chi connectivity index (χ1v) is 6.06. The number of nitrogens with one attached hydrogen (secondary N) is 1. The average Bonchev–Trinajstić information content (AvgIpc) is 3.01. The molecule has 6 nitrogen and oxygen atoms in total. The first-order chi connectivity index (χ1) is 8.74. The molecule has 90 valence electrons. The highest BCUT2D eigenvalue weighted by Crippen LogP contribution is 2.28. The summed E-state index contributed by atoms with van der Waals surface area (Å²) in [7, 11) is 0. The molecule has 0 saturated heterocycles. The molecule has 0 aliphatic heterocycles. The van der Waals surface area contributed by atoms with Gasteiger partial charge in [-0.3, -0.25) is 5.10 Å². The number of benzene rings is 1. The third-order valence-corrected chi connectivity index (χ3v) is 3.45. The Morgan fingerprint density at radius 1 is 1.33 bits per heavy atom.